The van der Waals surface area contributed by atoms with Gasteiger partial charge in [0.2, 0.25) is 5.24 Å². The van der Waals surface area contributed by atoms with E-state index in [0.717, 1.165) is 0 Å². The van der Waals surface area contributed by atoms with Gasteiger partial charge in [0, 0.05) is 6.42 Å². The lowest BCUT2D eigenvalue weighted by molar-refractivity contribution is -0.174. The van der Waals surface area contributed by atoms with Crippen LogP contribution in [0.3, 0.4) is 0 Å². The Balaban J connectivity index is 2.73. The zero-order valence-corrected chi connectivity index (χ0v) is 9.76. The molecule has 1 rings (SSSR count). The van der Waals surface area contributed by atoms with E-state index >= 15 is 0 Å². The fourth-order valence-corrected chi connectivity index (χ4v) is 1.41. The molecule has 1 aromatic carbocycles. The van der Waals surface area contributed by atoms with Crippen molar-refractivity contribution in [1.82, 2.24) is 5.32 Å². The van der Waals surface area contributed by atoms with Crippen LogP contribution in [0.4, 0.5) is 13.2 Å². The normalized spacial score (nSPS) is 12.9. The highest BCUT2D eigenvalue weighted by Gasteiger charge is 2.40. The number of benzene rings is 1. The molecule has 1 unspecified atom stereocenters. The van der Waals surface area contributed by atoms with Crippen molar-refractivity contribution in [2.24, 2.45) is 0 Å². The van der Waals surface area contributed by atoms with Crippen molar-refractivity contribution >= 4 is 22.8 Å². The molecule has 0 radical (unpaired) electrons. The third-order valence-corrected chi connectivity index (χ3v) is 2.38. The molecule has 7 heteroatoms. The molecule has 0 aliphatic heterocycles. The van der Waals surface area contributed by atoms with Crippen LogP contribution in [-0.4, -0.2) is 23.4 Å². The van der Waals surface area contributed by atoms with Gasteiger partial charge in [-0.1, -0.05) is 30.3 Å². The van der Waals surface area contributed by atoms with Crippen LogP contribution >= 0.6 is 11.6 Å². The van der Waals surface area contributed by atoms with Crippen LogP contribution in [0.15, 0.2) is 30.3 Å². The van der Waals surface area contributed by atoms with Crippen LogP contribution in [0.2, 0.25) is 0 Å². The van der Waals surface area contributed by atoms with Crippen molar-refractivity contribution < 1.29 is 22.8 Å². The standard InChI is InChI=1S/C11H9ClF3NO2/c12-9(17)8(16-10(18)11(13,14)15)6-7-4-2-1-3-5-7/h1-5,8H,6H2,(H,16,18). The quantitative estimate of drug-likeness (QED) is 0.858. The molecule has 1 atom stereocenters. The van der Waals surface area contributed by atoms with Crippen molar-refractivity contribution in [3.8, 4) is 0 Å². The SMILES string of the molecule is O=C(Cl)C(Cc1ccccc1)NC(=O)C(F)(F)F. The number of hydrogen-bond donors (Lipinski definition) is 1. The number of halogens is 4. The molecule has 0 saturated heterocycles. The summed E-state index contributed by atoms with van der Waals surface area (Å²) in [5.41, 5.74) is 0.596. The molecule has 0 fully saturated rings. The Morgan fingerprint density at radius 1 is 1.22 bits per heavy atom. The lowest BCUT2D eigenvalue weighted by atomic mass is 10.1. The van der Waals surface area contributed by atoms with Gasteiger partial charge in [-0.2, -0.15) is 13.2 Å². The lowest BCUT2D eigenvalue weighted by Crippen LogP contribution is -2.46. The van der Waals surface area contributed by atoms with Crippen molar-refractivity contribution in [2.75, 3.05) is 0 Å². The summed E-state index contributed by atoms with van der Waals surface area (Å²) < 4.78 is 36.1. The highest BCUT2D eigenvalue weighted by atomic mass is 35.5. The zero-order chi connectivity index (χ0) is 13.8. The van der Waals surface area contributed by atoms with Gasteiger partial charge in [-0.05, 0) is 17.2 Å². The van der Waals surface area contributed by atoms with E-state index in [1.807, 2.05) is 0 Å². The summed E-state index contributed by atoms with van der Waals surface area (Å²) in [6.07, 6.45) is -5.13. The zero-order valence-electron chi connectivity index (χ0n) is 9.00. The van der Waals surface area contributed by atoms with E-state index in [1.165, 1.54) is 0 Å². The first-order valence-electron chi connectivity index (χ1n) is 4.91. The summed E-state index contributed by atoms with van der Waals surface area (Å²) >= 11 is 5.17. The second-order valence-electron chi connectivity index (χ2n) is 3.52. The molecule has 18 heavy (non-hydrogen) atoms. The van der Waals surface area contributed by atoms with Crippen LogP contribution in [0, 0.1) is 0 Å². The van der Waals surface area contributed by atoms with E-state index in [9.17, 15) is 22.8 Å². The number of carbonyl (C=O) groups excluding carboxylic acids is 2. The number of rotatable bonds is 4. The van der Waals surface area contributed by atoms with Gasteiger partial charge in [0.25, 0.3) is 0 Å². The van der Waals surface area contributed by atoms with Crippen molar-refractivity contribution in [2.45, 2.75) is 18.6 Å². The Labute approximate surface area is 106 Å². The smallest absolute Gasteiger partial charge is 0.337 e. The van der Waals surface area contributed by atoms with E-state index in [2.05, 4.69) is 0 Å². The van der Waals surface area contributed by atoms with Crippen molar-refractivity contribution in [3.63, 3.8) is 0 Å². The molecule has 3 nitrogen and oxygen atoms in total. The molecule has 98 valence electrons. The van der Waals surface area contributed by atoms with E-state index in [1.54, 1.807) is 35.6 Å². The van der Waals surface area contributed by atoms with Gasteiger partial charge < -0.3 is 5.32 Å². The molecule has 0 aliphatic rings. The molecular formula is C11H9ClF3NO2. The maximum absolute atomic E-state index is 12.0. The van der Waals surface area contributed by atoms with Gasteiger partial charge >= 0.3 is 12.1 Å². The predicted molar refractivity (Wildman–Crippen MR) is 59.0 cm³/mol. The Morgan fingerprint density at radius 2 is 1.78 bits per heavy atom. The van der Waals surface area contributed by atoms with E-state index < -0.39 is 23.4 Å². The average Bonchev–Trinajstić information content (AvgIpc) is 2.28. The maximum atomic E-state index is 12.0. The van der Waals surface area contributed by atoms with Crippen LogP contribution in [0.25, 0.3) is 0 Å². The number of alkyl halides is 3. The van der Waals surface area contributed by atoms with Crippen molar-refractivity contribution in [1.29, 1.82) is 0 Å². The Bertz CT molecular complexity index is 434. The summed E-state index contributed by atoms with van der Waals surface area (Å²) in [5, 5.41) is 0.515. The molecule has 1 aromatic rings. The topological polar surface area (TPSA) is 46.2 Å². The number of carbonyl (C=O) groups is 2. The summed E-state index contributed by atoms with van der Waals surface area (Å²) in [6.45, 7) is 0. The van der Waals surface area contributed by atoms with Gasteiger partial charge in [-0.3, -0.25) is 9.59 Å². The summed E-state index contributed by atoms with van der Waals surface area (Å²) in [7, 11) is 0. The number of amides is 1. The molecule has 0 spiro atoms. The molecule has 1 amide bonds. The lowest BCUT2D eigenvalue weighted by Gasteiger charge is -2.15. The van der Waals surface area contributed by atoms with Gasteiger partial charge in [0.05, 0.1) is 0 Å². The molecule has 0 aliphatic carbocycles. The second-order valence-corrected chi connectivity index (χ2v) is 3.89. The monoisotopic (exact) mass is 279 g/mol. The third-order valence-electron chi connectivity index (χ3n) is 2.12. The maximum Gasteiger partial charge on any atom is 0.471 e. The molecule has 0 heterocycles. The minimum absolute atomic E-state index is 0.0923. The average molecular weight is 280 g/mol. The van der Waals surface area contributed by atoms with Gasteiger partial charge in [0.1, 0.15) is 6.04 Å². The van der Waals surface area contributed by atoms with Gasteiger partial charge in [-0.25, -0.2) is 0 Å². The van der Waals surface area contributed by atoms with Crippen LogP contribution in [0.5, 0.6) is 0 Å². The summed E-state index contributed by atoms with van der Waals surface area (Å²) in [6, 6.07) is 6.88. The predicted octanol–water partition coefficient (Wildman–Crippen LogP) is 2.04. The fraction of sp³-hybridized carbons (Fsp3) is 0.273. The van der Waals surface area contributed by atoms with Crippen LogP contribution < -0.4 is 5.32 Å². The van der Waals surface area contributed by atoms with Gasteiger partial charge in [0.15, 0.2) is 0 Å². The first-order chi connectivity index (χ1) is 8.30. The molecule has 1 N–H and O–H groups in total. The van der Waals surface area contributed by atoms with Crippen molar-refractivity contribution in [3.05, 3.63) is 35.9 Å². The summed E-state index contributed by atoms with van der Waals surface area (Å²) in [4.78, 5) is 21.7. The fourth-order valence-electron chi connectivity index (χ4n) is 1.28. The van der Waals surface area contributed by atoms with E-state index in [0.29, 0.717) is 5.56 Å². The first-order valence-corrected chi connectivity index (χ1v) is 5.29. The molecular weight excluding hydrogens is 271 g/mol. The molecule has 0 aromatic heterocycles. The highest BCUT2D eigenvalue weighted by Crippen LogP contribution is 2.15. The third kappa shape index (κ3) is 4.37. The van der Waals surface area contributed by atoms with E-state index in [4.69, 9.17) is 11.6 Å². The minimum Gasteiger partial charge on any atom is -0.337 e. The summed E-state index contributed by atoms with van der Waals surface area (Å²) in [5.74, 6) is -2.18. The highest BCUT2D eigenvalue weighted by molar-refractivity contribution is 6.64. The Hall–Kier alpha value is -1.56. The second kappa shape index (κ2) is 5.86. The Kier molecular flexibility index (Phi) is 4.72. The van der Waals surface area contributed by atoms with Gasteiger partial charge in [-0.15, -0.1) is 0 Å². The minimum atomic E-state index is -5.04. The van der Waals surface area contributed by atoms with Crippen LogP contribution in [0.1, 0.15) is 5.56 Å². The molecule has 0 saturated carbocycles. The Morgan fingerprint density at radius 3 is 2.22 bits per heavy atom. The largest absolute Gasteiger partial charge is 0.471 e. The first kappa shape index (κ1) is 14.5. The van der Waals surface area contributed by atoms with E-state index in [-0.39, 0.29) is 6.42 Å². The number of hydrogen-bond acceptors (Lipinski definition) is 2. The molecule has 0 bridgehead atoms. The number of nitrogens with one attached hydrogen (secondary N) is 1. The van der Waals surface area contributed by atoms with Crippen LogP contribution in [-0.2, 0) is 16.0 Å².